The highest BCUT2D eigenvalue weighted by atomic mass is 35.5. The van der Waals surface area contributed by atoms with Crippen molar-refractivity contribution in [1.82, 2.24) is 5.06 Å². The molecular formula is C30H36ClNO4. The van der Waals surface area contributed by atoms with E-state index in [-0.39, 0.29) is 18.7 Å². The summed E-state index contributed by atoms with van der Waals surface area (Å²) in [5.41, 5.74) is 2.46. The van der Waals surface area contributed by atoms with E-state index >= 15 is 0 Å². The predicted octanol–water partition coefficient (Wildman–Crippen LogP) is 7.24. The second-order valence-corrected chi connectivity index (χ2v) is 9.52. The van der Waals surface area contributed by atoms with Gasteiger partial charge in [0.15, 0.2) is 0 Å². The molecule has 0 unspecified atom stereocenters. The Bertz CT molecular complexity index is 1120. The molecule has 0 aliphatic heterocycles. The normalized spacial score (nSPS) is 11.0. The maximum atomic E-state index is 12.5. The zero-order valence-corrected chi connectivity index (χ0v) is 21.6. The molecule has 0 spiro atoms. The predicted molar refractivity (Wildman–Crippen MR) is 145 cm³/mol. The smallest absolute Gasteiger partial charge is 0.303 e. The van der Waals surface area contributed by atoms with Crippen LogP contribution >= 0.6 is 11.6 Å². The van der Waals surface area contributed by atoms with Gasteiger partial charge in [-0.15, -0.1) is 0 Å². The Hall–Kier alpha value is -2.89. The molecule has 0 radical (unpaired) electrons. The zero-order valence-electron chi connectivity index (χ0n) is 20.8. The number of hydrogen-bond acceptors (Lipinski definition) is 3. The summed E-state index contributed by atoms with van der Waals surface area (Å²) in [5.74, 6) is -1.23. The van der Waals surface area contributed by atoms with Crippen LogP contribution in [0.3, 0.4) is 0 Å². The Morgan fingerprint density at radius 1 is 0.778 bits per heavy atom. The van der Waals surface area contributed by atoms with Gasteiger partial charge in [-0.2, -0.15) is 0 Å². The summed E-state index contributed by atoms with van der Waals surface area (Å²) < 4.78 is 0. The lowest BCUT2D eigenvalue weighted by Crippen LogP contribution is -2.33. The molecule has 0 saturated carbocycles. The number of unbranched alkanes of at least 4 members (excludes halogenated alkanes) is 4. The Balaban J connectivity index is 1.37. The molecule has 192 valence electrons. The molecule has 3 aromatic rings. The molecule has 0 bridgehead atoms. The quantitative estimate of drug-likeness (QED) is 0.163. The molecule has 5 nitrogen and oxygen atoms in total. The van der Waals surface area contributed by atoms with Gasteiger partial charge >= 0.3 is 5.97 Å². The first kappa shape index (κ1) is 27.7. The number of carboxylic acid groups (broad SMARTS) is 1. The highest BCUT2D eigenvalue weighted by molar-refractivity contribution is 6.31. The van der Waals surface area contributed by atoms with Gasteiger partial charge in [-0.1, -0.05) is 85.1 Å². The van der Waals surface area contributed by atoms with Crippen molar-refractivity contribution in [2.45, 2.75) is 64.2 Å². The molecule has 0 saturated heterocycles. The third-order valence-corrected chi connectivity index (χ3v) is 6.64. The molecule has 3 aromatic carbocycles. The fourth-order valence-electron chi connectivity index (χ4n) is 4.23. The van der Waals surface area contributed by atoms with Crippen LogP contribution in [0.15, 0.2) is 66.7 Å². The summed E-state index contributed by atoms with van der Waals surface area (Å²) in [5, 5.41) is 13.6. The monoisotopic (exact) mass is 509 g/mol. The summed E-state index contributed by atoms with van der Waals surface area (Å²) in [6.45, 7) is 0.925. The molecule has 0 aliphatic rings. The van der Waals surface area contributed by atoms with Gasteiger partial charge in [0.25, 0.3) is 0 Å². The van der Waals surface area contributed by atoms with Gasteiger partial charge in [0, 0.05) is 18.0 Å². The highest BCUT2D eigenvalue weighted by Crippen LogP contribution is 2.19. The van der Waals surface area contributed by atoms with Gasteiger partial charge in [-0.25, -0.2) is 5.06 Å². The fourth-order valence-corrected chi connectivity index (χ4v) is 4.46. The lowest BCUT2D eigenvalue weighted by atomic mass is 10.0. The van der Waals surface area contributed by atoms with Gasteiger partial charge in [-0.3, -0.25) is 14.4 Å². The minimum absolute atomic E-state index is 0.0427. The van der Waals surface area contributed by atoms with Crippen molar-refractivity contribution >= 4 is 34.2 Å². The molecule has 3 rings (SSSR count). The minimum atomic E-state index is -0.974. The number of rotatable bonds is 16. The van der Waals surface area contributed by atoms with E-state index in [9.17, 15) is 9.59 Å². The Morgan fingerprint density at radius 3 is 2.31 bits per heavy atom. The van der Waals surface area contributed by atoms with Gasteiger partial charge in [-0.05, 0) is 66.5 Å². The number of amides is 1. The van der Waals surface area contributed by atoms with Gasteiger partial charge in [0.1, 0.15) is 0 Å². The molecule has 0 fully saturated rings. The van der Waals surface area contributed by atoms with Crippen LogP contribution in [0, 0.1) is 0 Å². The minimum Gasteiger partial charge on any atom is -0.481 e. The number of carbonyl (C=O) groups is 2. The van der Waals surface area contributed by atoms with Crippen LogP contribution in [-0.4, -0.2) is 35.2 Å². The van der Waals surface area contributed by atoms with Crippen LogP contribution in [-0.2, 0) is 27.3 Å². The summed E-state index contributed by atoms with van der Waals surface area (Å²) in [4.78, 5) is 29.2. The topological polar surface area (TPSA) is 66.8 Å². The molecule has 0 heterocycles. The van der Waals surface area contributed by atoms with Crippen LogP contribution < -0.4 is 0 Å². The standard InChI is InChI=1S/C30H36ClNO4/c31-28-16-8-7-14-26(28)13-4-2-10-22-36-32(29(33)19-20-30(34)35)21-9-1-3-11-24-17-18-25-12-5-6-15-27(25)23-24/h5-8,12,14-18,23H,1-4,9-11,13,19-22H2,(H,34,35). The average molecular weight is 510 g/mol. The van der Waals surface area contributed by atoms with Gasteiger partial charge in [0.05, 0.1) is 13.0 Å². The second-order valence-electron chi connectivity index (χ2n) is 9.12. The fraction of sp³-hybridized carbons (Fsp3) is 0.400. The maximum absolute atomic E-state index is 12.5. The number of benzene rings is 3. The molecule has 6 heteroatoms. The van der Waals surface area contributed by atoms with E-state index in [1.165, 1.54) is 21.4 Å². The molecule has 1 amide bonds. The van der Waals surface area contributed by atoms with Crippen molar-refractivity contribution in [3.63, 3.8) is 0 Å². The highest BCUT2D eigenvalue weighted by Gasteiger charge is 2.15. The van der Waals surface area contributed by atoms with E-state index in [2.05, 4.69) is 36.4 Å². The molecular weight excluding hydrogens is 474 g/mol. The van der Waals surface area contributed by atoms with E-state index in [4.69, 9.17) is 21.5 Å². The average Bonchev–Trinajstić information content (AvgIpc) is 2.88. The maximum Gasteiger partial charge on any atom is 0.303 e. The van der Waals surface area contributed by atoms with Gasteiger partial charge < -0.3 is 5.11 Å². The van der Waals surface area contributed by atoms with E-state index in [1.807, 2.05) is 30.3 Å². The number of carboxylic acids is 1. The first-order valence-electron chi connectivity index (χ1n) is 12.9. The number of hydrogen-bond donors (Lipinski definition) is 1. The molecule has 0 aromatic heterocycles. The third-order valence-electron chi connectivity index (χ3n) is 6.27. The van der Waals surface area contributed by atoms with Crippen LogP contribution in [0.5, 0.6) is 0 Å². The van der Waals surface area contributed by atoms with E-state index in [0.717, 1.165) is 62.0 Å². The molecule has 1 N–H and O–H groups in total. The van der Waals surface area contributed by atoms with Crippen molar-refractivity contribution in [1.29, 1.82) is 0 Å². The summed E-state index contributed by atoms with van der Waals surface area (Å²) in [6.07, 6.45) is 7.28. The van der Waals surface area contributed by atoms with E-state index in [1.54, 1.807) is 0 Å². The van der Waals surface area contributed by atoms with Crippen molar-refractivity contribution in [3.05, 3.63) is 82.9 Å². The van der Waals surface area contributed by atoms with Crippen molar-refractivity contribution in [2.75, 3.05) is 13.2 Å². The summed E-state index contributed by atoms with van der Waals surface area (Å²) in [6, 6.07) is 22.8. The number of aliphatic carboxylic acids is 1. The number of carbonyl (C=O) groups excluding carboxylic acids is 1. The Kier molecular flexibility index (Phi) is 11.7. The summed E-state index contributed by atoms with van der Waals surface area (Å²) >= 11 is 6.21. The van der Waals surface area contributed by atoms with Crippen LogP contribution in [0.1, 0.15) is 62.5 Å². The first-order valence-corrected chi connectivity index (χ1v) is 13.3. The zero-order chi connectivity index (χ0) is 25.6. The van der Waals surface area contributed by atoms with E-state index in [0.29, 0.717) is 13.2 Å². The number of halogens is 1. The largest absolute Gasteiger partial charge is 0.481 e. The number of hydroxylamine groups is 2. The number of fused-ring (bicyclic) bond motifs is 1. The Morgan fingerprint density at radius 2 is 1.50 bits per heavy atom. The second kappa shape index (κ2) is 15.3. The van der Waals surface area contributed by atoms with Gasteiger partial charge in [0.2, 0.25) is 5.91 Å². The van der Waals surface area contributed by atoms with Crippen molar-refractivity contribution in [2.24, 2.45) is 0 Å². The summed E-state index contributed by atoms with van der Waals surface area (Å²) in [7, 11) is 0. The SMILES string of the molecule is O=C(O)CCC(=O)N(CCCCCc1ccc2ccccc2c1)OCCCCCc1ccccc1Cl. The lowest BCUT2D eigenvalue weighted by molar-refractivity contribution is -0.188. The van der Waals surface area contributed by atoms with Crippen LogP contribution in [0.25, 0.3) is 10.8 Å². The van der Waals surface area contributed by atoms with Crippen molar-refractivity contribution in [3.8, 4) is 0 Å². The van der Waals surface area contributed by atoms with Crippen LogP contribution in [0.2, 0.25) is 5.02 Å². The Labute approximate surface area is 219 Å². The molecule has 0 atom stereocenters. The number of aryl methyl sites for hydroxylation is 2. The van der Waals surface area contributed by atoms with E-state index < -0.39 is 5.97 Å². The third kappa shape index (κ3) is 9.63. The molecule has 36 heavy (non-hydrogen) atoms. The lowest BCUT2D eigenvalue weighted by Gasteiger charge is -2.22. The van der Waals surface area contributed by atoms with Crippen LogP contribution in [0.4, 0.5) is 0 Å². The van der Waals surface area contributed by atoms with Crippen molar-refractivity contribution < 1.29 is 19.5 Å². The molecule has 0 aliphatic carbocycles. The first-order chi connectivity index (χ1) is 17.5. The number of nitrogens with zero attached hydrogens (tertiary/aromatic N) is 1.